The van der Waals surface area contributed by atoms with Gasteiger partial charge in [0.25, 0.3) is 0 Å². The molecule has 1 aromatic heterocycles. The molecule has 0 aliphatic heterocycles. The lowest BCUT2D eigenvalue weighted by Crippen LogP contribution is -2.16. The van der Waals surface area contributed by atoms with Crippen LogP contribution in [0.3, 0.4) is 0 Å². The summed E-state index contributed by atoms with van der Waals surface area (Å²) >= 11 is 1.87. The number of hydrogen-bond donors (Lipinski definition) is 0. The van der Waals surface area contributed by atoms with Crippen molar-refractivity contribution in [2.45, 2.75) is 19.3 Å². The molecule has 0 radical (unpaired) electrons. The van der Waals surface area contributed by atoms with Crippen LogP contribution in [-0.2, 0) is 5.41 Å². The molecule has 1 aliphatic rings. The van der Waals surface area contributed by atoms with Gasteiger partial charge in [0.2, 0.25) is 0 Å². The van der Waals surface area contributed by atoms with E-state index < -0.39 is 0 Å². The van der Waals surface area contributed by atoms with E-state index in [4.69, 9.17) is 0 Å². The number of nitrogens with zero attached hydrogens (tertiary/aromatic N) is 1. The molecular weight excluding hydrogens is 779 g/mol. The average molecular weight is 822 g/mol. The fraction of sp³-hybridized carbons (Fsp3) is 0.0492. The van der Waals surface area contributed by atoms with Crippen molar-refractivity contribution in [1.82, 2.24) is 0 Å². The third-order valence-corrected chi connectivity index (χ3v) is 14.4. The fourth-order valence-electron chi connectivity index (χ4n) is 10.3. The van der Waals surface area contributed by atoms with Gasteiger partial charge >= 0.3 is 0 Å². The van der Waals surface area contributed by atoms with E-state index in [0.29, 0.717) is 0 Å². The monoisotopic (exact) mass is 821 g/mol. The summed E-state index contributed by atoms with van der Waals surface area (Å²) in [5.41, 5.74) is 18.5. The maximum atomic E-state index is 2.45. The molecule has 298 valence electrons. The molecule has 1 aliphatic carbocycles. The molecule has 10 aromatic carbocycles. The van der Waals surface area contributed by atoms with E-state index in [1.807, 2.05) is 11.3 Å². The molecule has 0 atom stereocenters. The molecule has 1 nitrogen and oxygen atoms in total. The normalized spacial score (nSPS) is 12.7. The van der Waals surface area contributed by atoms with Gasteiger partial charge in [0.05, 0.1) is 5.69 Å². The SMILES string of the molecule is CC1(C)c2ccccc2-c2cccc(-c3ccc(N(c4cccc(-c5ccc(-c6cccc7ccccc67)cc5)c4)c4ccccc4-c4cccc5sc6ccccc6c45)cc3)c21. The molecule has 11 aromatic rings. The van der Waals surface area contributed by atoms with Gasteiger partial charge < -0.3 is 4.90 Å². The van der Waals surface area contributed by atoms with E-state index in [1.54, 1.807) is 0 Å². The first-order valence-electron chi connectivity index (χ1n) is 21.8. The highest BCUT2D eigenvalue weighted by atomic mass is 32.1. The molecule has 0 saturated carbocycles. The molecule has 0 saturated heterocycles. The summed E-state index contributed by atoms with van der Waals surface area (Å²) in [7, 11) is 0. The molecule has 0 N–H and O–H groups in total. The van der Waals surface area contributed by atoms with Crippen LogP contribution in [0.2, 0.25) is 0 Å². The molecule has 2 heteroatoms. The van der Waals surface area contributed by atoms with Gasteiger partial charge in [-0.05, 0) is 114 Å². The highest BCUT2D eigenvalue weighted by Gasteiger charge is 2.37. The Kier molecular flexibility index (Phi) is 8.77. The summed E-state index contributed by atoms with van der Waals surface area (Å²) in [6.45, 7) is 4.74. The molecular formula is C61H43NS. The van der Waals surface area contributed by atoms with Crippen molar-refractivity contribution in [2.75, 3.05) is 4.90 Å². The Morgan fingerprint density at radius 2 is 0.937 bits per heavy atom. The standard InChI is InChI=1S/C61H43NS/c1-61(2)55-27-8-5-20-50(55)53-26-13-24-49(60(53)61)43-35-37-45(38-36-43)62(56-28-9-6-21-51(56)52-25-14-30-58-59(52)54-22-7-10-29-57(54)63-58)46-18-11-17-44(39-46)40-31-33-42(34-32-40)48-23-12-16-41-15-3-4-19-47(41)48/h3-39H,1-2H3. The molecule has 12 rings (SSSR count). The number of hydrogen-bond acceptors (Lipinski definition) is 2. The Hall–Kier alpha value is -7.52. The minimum absolute atomic E-state index is 0.105. The first-order chi connectivity index (χ1) is 31.0. The lowest BCUT2D eigenvalue weighted by molar-refractivity contribution is 0.662. The quantitative estimate of drug-likeness (QED) is 0.155. The number of anilines is 3. The second-order valence-electron chi connectivity index (χ2n) is 17.2. The van der Waals surface area contributed by atoms with E-state index in [0.717, 1.165) is 17.1 Å². The predicted octanol–water partition coefficient (Wildman–Crippen LogP) is 17.7. The number of benzene rings is 10. The van der Waals surface area contributed by atoms with Crippen LogP contribution in [0.15, 0.2) is 224 Å². The second-order valence-corrected chi connectivity index (χ2v) is 18.3. The van der Waals surface area contributed by atoms with Gasteiger partial charge in [-0.1, -0.05) is 196 Å². The van der Waals surface area contributed by atoms with Gasteiger partial charge in [0, 0.05) is 42.5 Å². The van der Waals surface area contributed by atoms with Gasteiger partial charge in [0.15, 0.2) is 0 Å². The smallest absolute Gasteiger partial charge is 0.0540 e. The zero-order valence-electron chi connectivity index (χ0n) is 35.2. The molecule has 0 bridgehead atoms. The summed E-state index contributed by atoms with van der Waals surface area (Å²) in [6, 6.07) is 82.8. The maximum Gasteiger partial charge on any atom is 0.0540 e. The second kappa shape index (κ2) is 14.8. The third-order valence-electron chi connectivity index (χ3n) is 13.3. The van der Waals surface area contributed by atoms with E-state index in [2.05, 4.69) is 243 Å². The minimum Gasteiger partial charge on any atom is -0.310 e. The molecule has 0 amide bonds. The zero-order chi connectivity index (χ0) is 42.1. The number of para-hydroxylation sites is 1. The van der Waals surface area contributed by atoms with Crippen LogP contribution in [0.25, 0.3) is 86.6 Å². The van der Waals surface area contributed by atoms with Crippen LogP contribution < -0.4 is 4.90 Å². The summed E-state index contributed by atoms with van der Waals surface area (Å²) in [4.78, 5) is 2.45. The van der Waals surface area contributed by atoms with Gasteiger partial charge in [0.1, 0.15) is 0 Å². The van der Waals surface area contributed by atoms with Crippen LogP contribution >= 0.6 is 11.3 Å². The van der Waals surface area contributed by atoms with Gasteiger partial charge in [-0.3, -0.25) is 0 Å². The van der Waals surface area contributed by atoms with Crippen LogP contribution in [0.4, 0.5) is 17.1 Å². The van der Waals surface area contributed by atoms with Crippen molar-refractivity contribution in [3.05, 3.63) is 236 Å². The Morgan fingerprint density at radius 3 is 1.81 bits per heavy atom. The predicted molar refractivity (Wildman–Crippen MR) is 271 cm³/mol. The van der Waals surface area contributed by atoms with E-state index in [-0.39, 0.29) is 5.41 Å². The van der Waals surface area contributed by atoms with Crippen molar-refractivity contribution >= 4 is 59.3 Å². The molecule has 0 unspecified atom stereocenters. The molecule has 63 heavy (non-hydrogen) atoms. The Bertz CT molecular complexity index is 3530. The third kappa shape index (κ3) is 6.13. The first kappa shape index (κ1) is 37.3. The Morgan fingerprint density at radius 1 is 0.365 bits per heavy atom. The van der Waals surface area contributed by atoms with Crippen LogP contribution in [0.5, 0.6) is 0 Å². The molecule has 1 heterocycles. The van der Waals surface area contributed by atoms with E-state index >= 15 is 0 Å². The highest BCUT2D eigenvalue weighted by Crippen LogP contribution is 2.53. The Labute approximate surface area is 372 Å². The van der Waals surface area contributed by atoms with Crippen LogP contribution in [-0.4, -0.2) is 0 Å². The van der Waals surface area contributed by atoms with Gasteiger partial charge in [-0.15, -0.1) is 11.3 Å². The summed E-state index contributed by atoms with van der Waals surface area (Å²) in [5, 5.41) is 5.13. The van der Waals surface area contributed by atoms with Crippen molar-refractivity contribution in [3.8, 4) is 55.6 Å². The largest absolute Gasteiger partial charge is 0.310 e. The number of fused-ring (bicyclic) bond motifs is 7. The van der Waals surface area contributed by atoms with Crippen LogP contribution in [0, 0.1) is 0 Å². The molecule has 0 fully saturated rings. The summed E-state index contributed by atoms with van der Waals surface area (Å²) in [5.74, 6) is 0. The van der Waals surface area contributed by atoms with Crippen LogP contribution in [0.1, 0.15) is 25.0 Å². The van der Waals surface area contributed by atoms with Gasteiger partial charge in [-0.25, -0.2) is 0 Å². The first-order valence-corrected chi connectivity index (χ1v) is 22.7. The summed E-state index contributed by atoms with van der Waals surface area (Å²) < 4.78 is 2.61. The summed E-state index contributed by atoms with van der Waals surface area (Å²) in [6.07, 6.45) is 0. The van der Waals surface area contributed by atoms with Crippen molar-refractivity contribution < 1.29 is 0 Å². The average Bonchev–Trinajstić information content (AvgIpc) is 3.84. The van der Waals surface area contributed by atoms with Crippen molar-refractivity contribution in [1.29, 1.82) is 0 Å². The number of rotatable bonds is 7. The lowest BCUT2D eigenvalue weighted by Gasteiger charge is -2.29. The van der Waals surface area contributed by atoms with Crippen molar-refractivity contribution in [3.63, 3.8) is 0 Å². The highest BCUT2D eigenvalue weighted by molar-refractivity contribution is 7.25. The number of thiophene rings is 1. The lowest BCUT2D eigenvalue weighted by atomic mass is 9.79. The fourth-order valence-corrected chi connectivity index (χ4v) is 11.5. The van der Waals surface area contributed by atoms with E-state index in [1.165, 1.54) is 97.7 Å². The van der Waals surface area contributed by atoms with Crippen molar-refractivity contribution in [2.24, 2.45) is 0 Å². The van der Waals surface area contributed by atoms with Gasteiger partial charge in [-0.2, -0.15) is 0 Å². The Balaban J connectivity index is 0.999. The van der Waals surface area contributed by atoms with E-state index in [9.17, 15) is 0 Å². The topological polar surface area (TPSA) is 3.24 Å². The minimum atomic E-state index is -0.105. The zero-order valence-corrected chi connectivity index (χ0v) is 36.0. The maximum absolute atomic E-state index is 2.45. The molecule has 0 spiro atoms.